The molecule has 0 aromatic heterocycles. The Bertz CT molecular complexity index is 557. The van der Waals surface area contributed by atoms with Gasteiger partial charge in [0.25, 0.3) is 0 Å². The number of hydrogen-bond acceptors (Lipinski definition) is 2. The standard InChI is InChI=1S/C12H8Cl3NS/c13-7-4-5-8(14)11(6-7)17-10-3-1-2-9(15)12(10)16/h1-6H,16H2. The summed E-state index contributed by atoms with van der Waals surface area (Å²) in [6, 6.07) is 10.8. The molecule has 2 aromatic carbocycles. The summed E-state index contributed by atoms with van der Waals surface area (Å²) in [6.07, 6.45) is 0. The highest BCUT2D eigenvalue weighted by Gasteiger charge is 2.08. The molecule has 1 nitrogen and oxygen atoms in total. The van der Waals surface area contributed by atoms with E-state index in [0.717, 1.165) is 9.79 Å². The first-order chi connectivity index (χ1) is 8.08. The Balaban J connectivity index is 2.38. The molecule has 2 N–H and O–H groups in total. The number of nitrogens with two attached hydrogens (primary N) is 1. The number of nitrogen functional groups attached to an aromatic ring is 1. The summed E-state index contributed by atoms with van der Waals surface area (Å²) in [5.74, 6) is 0. The van der Waals surface area contributed by atoms with Crippen molar-refractivity contribution >= 4 is 52.3 Å². The third-order valence-electron chi connectivity index (χ3n) is 2.13. The second-order valence-corrected chi connectivity index (χ2v) is 5.66. The first kappa shape index (κ1) is 12.9. The van der Waals surface area contributed by atoms with Crippen molar-refractivity contribution in [3.05, 3.63) is 51.5 Å². The largest absolute Gasteiger partial charge is 0.397 e. The summed E-state index contributed by atoms with van der Waals surface area (Å²) < 4.78 is 0. The van der Waals surface area contributed by atoms with Crippen molar-refractivity contribution in [2.45, 2.75) is 9.79 Å². The van der Waals surface area contributed by atoms with Crippen molar-refractivity contribution in [3.63, 3.8) is 0 Å². The van der Waals surface area contributed by atoms with Crippen LogP contribution in [0, 0.1) is 0 Å². The quantitative estimate of drug-likeness (QED) is 0.754. The fourth-order valence-electron chi connectivity index (χ4n) is 1.28. The zero-order valence-corrected chi connectivity index (χ0v) is 11.7. The smallest absolute Gasteiger partial charge is 0.0647 e. The third kappa shape index (κ3) is 3.02. The van der Waals surface area contributed by atoms with Gasteiger partial charge in [-0.3, -0.25) is 0 Å². The van der Waals surface area contributed by atoms with Crippen molar-refractivity contribution in [1.29, 1.82) is 0 Å². The predicted molar refractivity (Wildman–Crippen MR) is 76.4 cm³/mol. The van der Waals surface area contributed by atoms with Crippen LogP contribution in [0.15, 0.2) is 46.2 Å². The molecule has 0 saturated carbocycles. The average molecular weight is 305 g/mol. The highest BCUT2D eigenvalue weighted by molar-refractivity contribution is 7.99. The topological polar surface area (TPSA) is 26.0 Å². The van der Waals surface area contributed by atoms with Crippen LogP contribution in [-0.2, 0) is 0 Å². The fourth-order valence-corrected chi connectivity index (χ4v) is 2.94. The van der Waals surface area contributed by atoms with Gasteiger partial charge in [0.05, 0.1) is 15.7 Å². The number of rotatable bonds is 2. The number of hydrogen-bond donors (Lipinski definition) is 1. The van der Waals surface area contributed by atoms with Crippen molar-refractivity contribution in [2.24, 2.45) is 0 Å². The van der Waals surface area contributed by atoms with Crippen molar-refractivity contribution in [1.82, 2.24) is 0 Å². The Morgan fingerprint density at radius 3 is 2.41 bits per heavy atom. The second kappa shape index (κ2) is 5.40. The van der Waals surface area contributed by atoms with Crippen LogP contribution in [0.1, 0.15) is 0 Å². The van der Waals surface area contributed by atoms with Gasteiger partial charge in [0.15, 0.2) is 0 Å². The molecule has 0 bridgehead atoms. The van der Waals surface area contributed by atoms with Crippen LogP contribution < -0.4 is 5.73 Å². The molecule has 2 rings (SSSR count). The predicted octanol–water partition coefficient (Wildman–Crippen LogP) is 5.38. The molecule has 0 amide bonds. The molecule has 0 aliphatic rings. The van der Waals surface area contributed by atoms with Gasteiger partial charge in [0, 0.05) is 14.8 Å². The van der Waals surface area contributed by atoms with E-state index in [0.29, 0.717) is 20.8 Å². The lowest BCUT2D eigenvalue weighted by atomic mass is 10.3. The van der Waals surface area contributed by atoms with Crippen molar-refractivity contribution < 1.29 is 0 Å². The summed E-state index contributed by atoms with van der Waals surface area (Å²) in [4.78, 5) is 1.72. The zero-order chi connectivity index (χ0) is 12.4. The van der Waals surface area contributed by atoms with Crippen LogP contribution in [0.3, 0.4) is 0 Å². The maximum atomic E-state index is 6.08. The zero-order valence-electron chi connectivity index (χ0n) is 8.58. The van der Waals surface area contributed by atoms with Crippen LogP contribution in [0.5, 0.6) is 0 Å². The molecule has 0 aliphatic carbocycles. The molecule has 0 saturated heterocycles. The first-order valence-electron chi connectivity index (χ1n) is 4.75. The van der Waals surface area contributed by atoms with E-state index in [9.17, 15) is 0 Å². The monoisotopic (exact) mass is 303 g/mol. The molecule has 0 fully saturated rings. The van der Waals surface area contributed by atoms with Gasteiger partial charge in [0.1, 0.15) is 0 Å². The SMILES string of the molecule is Nc1c(Cl)cccc1Sc1cc(Cl)ccc1Cl. The summed E-state index contributed by atoms with van der Waals surface area (Å²) in [7, 11) is 0. The van der Waals surface area contributed by atoms with Gasteiger partial charge < -0.3 is 5.73 Å². The number of benzene rings is 2. The molecular weight excluding hydrogens is 297 g/mol. The molecule has 5 heteroatoms. The lowest BCUT2D eigenvalue weighted by Crippen LogP contribution is -1.89. The minimum atomic E-state index is 0.535. The van der Waals surface area contributed by atoms with E-state index in [2.05, 4.69) is 0 Å². The van der Waals surface area contributed by atoms with Gasteiger partial charge in [-0.2, -0.15) is 0 Å². The van der Waals surface area contributed by atoms with Crippen LogP contribution in [-0.4, -0.2) is 0 Å². The minimum absolute atomic E-state index is 0.535. The molecule has 0 spiro atoms. The van der Waals surface area contributed by atoms with Gasteiger partial charge in [-0.25, -0.2) is 0 Å². The van der Waals surface area contributed by atoms with Crippen molar-refractivity contribution in [2.75, 3.05) is 5.73 Å². The Hall–Kier alpha value is -0.540. The Morgan fingerprint density at radius 2 is 1.65 bits per heavy atom. The molecule has 17 heavy (non-hydrogen) atoms. The number of anilines is 1. The van der Waals surface area contributed by atoms with Crippen LogP contribution >= 0.6 is 46.6 Å². The van der Waals surface area contributed by atoms with Gasteiger partial charge >= 0.3 is 0 Å². The molecule has 0 unspecified atom stereocenters. The lowest BCUT2D eigenvalue weighted by Gasteiger charge is -2.08. The molecule has 88 valence electrons. The Labute approximate surface area is 119 Å². The summed E-state index contributed by atoms with van der Waals surface area (Å²) in [5, 5.41) is 1.81. The lowest BCUT2D eigenvalue weighted by molar-refractivity contribution is 1.41. The van der Waals surface area contributed by atoms with Crippen molar-refractivity contribution in [3.8, 4) is 0 Å². The second-order valence-electron chi connectivity index (χ2n) is 3.33. The van der Waals surface area contributed by atoms with E-state index in [-0.39, 0.29) is 0 Å². The van der Waals surface area contributed by atoms with Crippen LogP contribution in [0.4, 0.5) is 5.69 Å². The molecular formula is C12H8Cl3NS. The average Bonchev–Trinajstić information content (AvgIpc) is 2.30. The van der Waals surface area contributed by atoms with Gasteiger partial charge in [-0.1, -0.05) is 52.6 Å². The van der Waals surface area contributed by atoms with E-state index in [4.69, 9.17) is 40.5 Å². The normalized spacial score (nSPS) is 10.5. The van der Waals surface area contributed by atoms with Crippen LogP contribution in [0.25, 0.3) is 0 Å². The maximum absolute atomic E-state index is 6.08. The van der Waals surface area contributed by atoms with E-state index in [1.165, 1.54) is 11.8 Å². The third-order valence-corrected chi connectivity index (χ3v) is 4.27. The number of halogens is 3. The fraction of sp³-hybridized carbons (Fsp3) is 0. The minimum Gasteiger partial charge on any atom is -0.397 e. The molecule has 2 aromatic rings. The highest BCUT2D eigenvalue weighted by Crippen LogP contribution is 2.39. The molecule has 0 atom stereocenters. The van der Waals surface area contributed by atoms with Crippen LogP contribution in [0.2, 0.25) is 15.1 Å². The number of para-hydroxylation sites is 1. The molecule has 0 aliphatic heterocycles. The summed E-state index contributed by atoms with van der Waals surface area (Å²) in [6.45, 7) is 0. The Morgan fingerprint density at radius 1 is 0.882 bits per heavy atom. The first-order valence-corrected chi connectivity index (χ1v) is 6.70. The molecule has 0 radical (unpaired) electrons. The molecule has 0 heterocycles. The maximum Gasteiger partial charge on any atom is 0.0647 e. The van der Waals surface area contributed by atoms with Gasteiger partial charge in [0.2, 0.25) is 0 Å². The Kier molecular flexibility index (Phi) is 4.10. The van der Waals surface area contributed by atoms with E-state index in [1.54, 1.807) is 24.3 Å². The van der Waals surface area contributed by atoms with E-state index >= 15 is 0 Å². The van der Waals surface area contributed by atoms with E-state index in [1.807, 2.05) is 12.1 Å². The van der Waals surface area contributed by atoms with E-state index < -0.39 is 0 Å². The summed E-state index contributed by atoms with van der Waals surface area (Å²) in [5.41, 5.74) is 6.44. The highest BCUT2D eigenvalue weighted by atomic mass is 35.5. The van der Waals surface area contributed by atoms with Gasteiger partial charge in [-0.15, -0.1) is 0 Å². The summed E-state index contributed by atoms with van der Waals surface area (Å²) >= 11 is 19.4. The van der Waals surface area contributed by atoms with Gasteiger partial charge in [-0.05, 0) is 30.3 Å².